The highest BCUT2D eigenvalue weighted by Crippen LogP contribution is 2.25. The molecule has 0 bridgehead atoms. The highest BCUT2D eigenvalue weighted by molar-refractivity contribution is 4.78. The molecule has 0 aromatic heterocycles. The summed E-state index contributed by atoms with van der Waals surface area (Å²) in [5, 5.41) is 7.00. The lowest BCUT2D eigenvalue weighted by Gasteiger charge is -2.30. The Kier molecular flexibility index (Phi) is 5.40. The standard InChI is InChI=1S/C10H19N.CH4O/c1-2-6-10(7-3-1)11-8-4-5-9-11;1-2/h10H,1-9H2;2H,1H3. The molecule has 1 saturated heterocycles. The van der Waals surface area contributed by atoms with Gasteiger partial charge >= 0.3 is 0 Å². The summed E-state index contributed by atoms with van der Waals surface area (Å²) in [6.07, 6.45) is 10.3. The van der Waals surface area contributed by atoms with Crippen molar-refractivity contribution in [3.8, 4) is 0 Å². The maximum absolute atomic E-state index is 7.00. The monoisotopic (exact) mass is 185 g/mol. The van der Waals surface area contributed by atoms with Crippen LogP contribution in [-0.2, 0) is 0 Å². The summed E-state index contributed by atoms with van der Waals surface area (Å²) in [6.45, 7) is 2.79. The molecule has 1 aliphatic heterocycles. The molecular weight excluding hydrogens is 162 g/mol. The second-order valence-electron chi connectivity index (χ2n) is 4.03. The molecule has 2 heteroatoms. The number of rotatable bonds is 1. The third kappa shape index (κ3) is 3.28. The average molecular weight is 185 g/mol. The fourth-order valence-electron chi connectivity index (χ4n) is 2.55. The average Bonchev–Trinajstić information content (AvgIpc) is 2.75. The molecule has 1 aliphatic carbocycles. The van der Waals surface area contributed by atoms with Gasteiger partial charge in [-0.15, -0.1) is 0 Å². The Balaban J connectivity index is 0.000000396. The molecule has 0 aromatic carbocycles. The molecule has 0 radical (unpaired) electrons. The maximum atomic E-state index is 7.00. The lowest BCUT2D eigenvalue weighted by Crippen LogP contribution is -2.34. The summed E-state index contributed by atoms with van der Waals surface area (Å²) in [6, 6.07) is 0.978. The summed E-state index contributed by atoms with van der Waals surface area (Å²) < 4.78 is 0. The molecule has 2 nitrogen and oxygen atoms in total. The summed E-state index contributed by atoms with van der Waals surface area (Å²) in [7, 11) is 1.00. The molecule has 78 valence electrons. The van der Waals surface area contributed by atoms with Gasteiger partial charge in [-0.1, -0.05) is 19.3 Å². The van der Waals surface area contributed by atoms with Gasteiger partial charge in [0.1, 0.15) is 0 Å². The van der Waals surface area contributed by atoms with Crippen LogP contribution in [0.1, 0.15) is 44.9 Å². The molecule has 1 saturated carbocycles. The third-order valence-corrected chi connectivity index (χ3v) is 3.23. The largest absolute Gasteiger partial charge is 0.400 e. The molecular formula is C11H23NO. The number of aliphatic hydroxyl groups is 1. The number of hydrogen-bond donors (Lipinski definition) is 1. The van der Waals surface area contributed by atoms with E-state index in [1.54, 1.807) is 0 Å². The SMILES string of the molecule is C1CCC(N2CCCC2)CC1.CO. The van der Waals surface area contributed by atoms with E-state index in [0.29, 0.717) is 0 Å². The third-order valence-electron chi connectivity index (χ3n) is 3.23. The van der Waals surface area contributed by atoms with Gasteiger partial charge in [-0.2, -0.15) is 0 Å². The van der Waals surface area contributed by atoms with Gasteiger partial charge in [0, 0.05) is 13.2 Å². The fourth-order valence-corrected chi connectivity index (χ4v) is 2.55. The summed E-state index contributed by atoms with van der Waals surface area (Å²) in [4.78, 5) is 2.72. The van der Waals surface area contributed by atoms with Gasteiger partial charge in [-0.05, 0) is 38.8 Å². The fraction of sp³-hybridized carbons (Fsp3) is 1.00. The van der Waals surface area contributed by atoms with Crippen LogP contribution in [0.2, 0.25) is 0 Å². The summed E-state index contributed by atoms with van der Waals surface area (Å²) >= 11 is 0. The molecule has 0 unspecified atom stereocenters. The first-order chi connectivity index (χ1) is 6.47. The van der Waals surface area contributed by atoms with Crippen molar-refractivity contribution in [3.05, 3.63) is 0 Å². The lowest BCUT2D eigenvalue weighted by molar-refractivity contribution is 0.191. The number of hydrogen-bond acceptors (Lipinski definition) is 2. The Morgan fingerprint density at radius 2 is 1.38 bits per heavy atom. The van der Waals surface area contributed by atoms with E-state index < -0.39 is 0 Å². The summed E-state index contributed by atoms with van der Waals surface area (Å²) in [5.74, 6) is 0. The van der Waals surface area contributed by atoms with Gasteiger partial charge in [0.05, 0.1) is 0 Å². The van der Waals surface area contributed by atoms with E-state index in [-0.39, 0.29) is 0 Å². The highest BCUT2D eigenvalue weighted by atomic mass is 16.2. The highest BCUT2D eigenvalue weighted by Gasteiger charge is 2.22. The van der Waals surface area contributed by atoms with Crippen LogP contribution in [0.4, 0.5) is 0 Å². The van der Waals surface area contributed by atoms with Gasteiger partial charge in [-0.25, -0.2) is 0 Å². The van der Waals surface area contributed by atoms with Crippen molar-refractivity contribution in [2.75, 3.05) is 20.2 Å². The molecule has 1 N–H and O–H groups in total. The van der Waals surface area contributed by atoms with E-state index in [1.807, 2.05) is 0 Å². The minimum absolute atomic E-state index is 0.978. The Morgan fingerprint density at radius 1 is 0.846 bits per heavy atom. The maximum Gasteiger partial charge on any atom is 0.0319 e. The van der Waals surface area contributed by atoms with E-state index in [9.17, 15) is 0 Å². The molecule has 2 rings (SSSR count). The Bertz CT molecular complexity index is 115. The zero-order chi connectivity index (χ0) is 9.52. The molecule has 1 heterocycles. The van der Waals surface area contributed by atoms with Crippen molar-refractivity contribution in [2.24, 2.45) is 0 Å². The smallest absolute Gasteiger partial charge is 0.0319 e. The van der Waals surface area contributed by atoms with E-state index in [4.69, 9.17) is 5.11 Å². The first kappa shape index (κ1) is 11.0. The molecule has 2 aliphatic rings. The number of aliphatic hydroxyl groups excluding tert-OH is 1. The number of likely N-dealkylation sites (tertiary alicyclic amines) is 1. The quantitative estimate of drug-likeness (QED) is 0.675. The van der Waals surface area contributed by atoms with Crippen molar-refractivity contribution < 1.29 is 5.11 Å². The Labute approximate surface area is 81.9 Å². The van der Waals surface area contributed by atoms with Crippen LogP contribution in [-0.4, -0.2) is 36.2 Å². The van der Waals surface area contributed by atoms with Gasteiger partial charge in [0.2, 0.25) is 0 Å². The van der Waals surface area contributed by atoms with Crippen LogP contribution in [0.15, 0.2) is 0 Å². The van der Waals surface area contributed by atoms with Gasteiger partial charge in [-0.3, -0.25) is 0 Å². The molecule has 0 amide bonds. The van der Waals surface area contributed by atoms with E-state index in [0.717, 1.165) is 13.2 Å². The lowest BCUT2D eigenvalue weighted by atomic mass is 9.94. The van der Waals surface area contributed by atoms with Crippen molar-refractivity contribution in [1.82, 2.24) is 4.90 Å². The van der Waals surface area contributed by atoms with Gasteiger partial charge in [0.15, 0.2) is 0 Å². The second kappa shape index (κ2) is 6.39. The van der Waals surface area contributed by atoms with Crippen LogP contribution in [0, 0.1) is 0 Å². The van der Waals surface area contributed by atoms with Crippen LogP contribution in [0.25, 0.3) is 0 Å². The van der Waals surface area contributed by atoms with Crippen LogP contribution in [0.3, 0.4) is 0 Å². The van der Waals surface area contributed by atoms with Crippen LogP contribution in [0.5, 0.6) is 0 Å². The molecule has 0 atom stereocenters. The number of nitrogens with zero attached hydrogens (tertiary/aromatic N) is 1. The van der Waals surface area contributed by atoms with Gasteiger partial charge < -0.3 is 10.0 Å². The Morgan fingerprint density at radius 3 is 1.92 bits per heavy atom. The summed E-state index contributed by atoms with van der Waals surface area (Å²) in [5.41, 5.74) is 0. The molecule has 13 heavy (non-hydrogen) atoms. The second-order valence-corrected chi connectivity index (χ2v) is 4.03. The van der Waals surface area contributed by atoms with Crippen molar-refractivity contribution in [2.45, 2.75) is 51.0 Å². The first-order valence-electron chi connectivity index (χ1n) is 5.65. The molecule has 0 aromatic rings. The zero-order valence-corrected chi connectivity index (χ0v) is 8.84. The van der Waals surface area contributed by atoms with Crippen molar-refractivity contribution >= 4 is 0 Å². The minimum Gasteiger partial charge on any atom is -0.400 e. The van der Waals surface area contributed by atoms with Crippen LogP contribution < -0.4 is 0 Å². The minimum atomic E-state index is 0.978. The van der Waals surface area contributed by atoms with E-state index >= 15 is 0 Å². The van der Waals surface area contributed by atoms with Crippen molar-refractivity contribution in [3.63, 3.8) is 0 Å². The van der Waals surface area contributed by atoms with Gasteiger partial charge in [0.25, 0.3) is 0 Å². The zero-order valence-electron chi connectivity index (χ0n) is 8.84. The van der Waals surface area contributed by atoms with E-state index in [2.05, 4.69) is 4.90 Å². The normalized spacial score (nSPS) is 25.4. The molecule has 2 fully saturated rings. The van der Waals surface area contributed by atoms with Crippen LogP contribution >= 0.6 is 0 Å². The first-order valence-corrected chi connectivity index (χ1v) is 5.65. The van der Waals surface area contributed by atoms with E-state index in [1.165, 1.54) is 58.0 Å². The predicted molar refractivity (Wildman–Crippen MR) is 55.8 cm³/mol. The Hall–Kier alpha value is -0.0800. The van der Waals surface area contributed by atoms with Crippen molar-refractivity contribution in [1.29, 1.82) is 0 Å². The molecule has 0 spiro atoms. The predicted octanol–water partition coefficient (Wildman–Crippen LogP) is 2.02. The topological polar surface area (TPSA) is 23.5 Å².